The summed E-state index contributed by atoms with van der Waals surface area (Å²) in [5.41, 5.74) is 15.9. The first-order valence-corrected chi connectivity index (χ1v) is 23.1. The van der Waals surface area contributed by atoms with Crippen LogP contribution in [0.25, 0.3) is 0 Å². The number of benzene rings is 7. The Kier molecular flexibility index (Phi) is 8.05. The molecule has 0 saturated carbocycles. The summed E-state index contributed by atoms with van der Waals surface area (Å²) in [7, 11) is -2.81. The van der Waals surface area contributed by atoms with Crippen LogP contribution < -0.4 is 46.9 Å². The molecule has 58 heavy (non-hydrogen) atoms. The van der Waals surface area contributed by atoms with Gasteiger partial charge in [0.2, 0.25) is 0 Å². The maximum atomic E-state index is 2.68. The molecule has 286 valence electrons. The fourth-order valence-electron chi connectivity index (χ4n) is 10.2. The molecule has 10 rings (SSSR count). The van der Waals surface area contributed by atoms with Gasteiger partial charge in [-0.15, -0.1) is 0 Å². The molecule has 0 aromatic heterocycles. The minimum atomic E-state index is -2.81. The fourth-order valence-corrected chi connectivity index (χ4v) is 15.3. The Labute approximate surface area is 347 Å². The lowest BCUT2D eigenvalue weighted by Gasteiger charge is -2.51. The second-order valence-electron chi connectivity index (χ2n) is 19.8. The summed E-state index contributed by atoms with van der Waals surface area (Å²) in [5.74, 6) is 0. The second kappa shape index (κ2) is 12.7. The van der Waals surface area contributed by atoms with Crippen LogP contribution in [0.1, 0.15) is 79.0 Å². The molecule has 0 spiro atoms. The van der Waals surface area contributed by atoms with Gasteiger partial charge >= 0.3 is 0 Å². The maximum absolute atomic E-state index is 2.81. The molecular formula is C54H53BN2Si. The minimum Gasteiger partial charge on any atom is -0.312 e. The summed E-state index contributed by atoms with van der Waals surface area (Å²) in [6.45, 7) is 21.1. The van der Waals surface area contributed by atoms with Crippen LogP contribution in [0.2, 0.25) is 0 Å². The molecule has 7 aromatic carbocycles. The van der Waals surface area contributed by atoms with Gasteiger partial charge < -0.3 is 9.80 Å². The summed E-state index contributed by atoms with van der Waals surface area (Å²) < 4.78 is 0. The van der Waals surface area contributed by atoms with E-state index in [1.807, 2.05) is 0 Å². The molecule has 7 aromatic rings. The molecule has 0 amide bonds. The Morgan fingerprint density at radius 2 is 0.914 bits per heavy atom. The zero-order valence-corrected chi connectivity index (χ0v) is 36.5. The number of fused-ring (bicyclic) bond motifs is 6. The third-order valence-electron chi connectivity index (χ3n) is 13.2. The smallest absolute Gasteiger partial charge is 0.252 e. The van der Waals surface area contributed by atoms with Crippen LogP contribution in [-0.2, 0) is 16.2 Å². The average molecular weight is 769 g/mol. The van der Waals surface area contributed by atoms with E-state index in [0.717, 1.165) is 0 Å². The molecule has 2 nitrogen and oxygen atoms in total. The third-order valence-corrected chi connectivity index (χ3v) is 18.0. The Hall–Kier alpha value is -5.58. The van der Waals surface area contributed by atoms with Gasteiger partial charge in [0, 0.05) is 34.1 Å². The Morgan fingerprint density at radius 1 is 0.397 bits per heavy atom. The standard InChI is InChI=1S/C54H53BN2Si/c1-52(2,3)36-27-30-39(31-28-36)56-45-33-37(53(4,5)6)29-32-42(45)55-43-23-18-26-49-51(43)57(47-35-38(54(7,8)9)34-46(56)50(47)55)44-24-16-17-25-48(44)58(49,40-19-12-10-13-20-40)41-21-14-11-15-22-41/h10-35H,1-9H3. The van der Waals surface area contributed by atoms with Gasteiger partial charge in [0.1, 0.15) is 0 Å². The molecule has 0 atom stereocenters. The summed E-state index contributed by atoms with van der Waals surface area (Å²) >= 11 is 0. The van der Waals surface area contributed by atoms with Crippen LogP contribution in [0, 0.1) is 0 Å². The molecule has 0 N–H and O–H groups in total. The predicted octanol–water partition coefficient (Wildman–Crippen LogP) is 9.35. The van der Waals surface area contributed by atoms with Crippen molar-refractivity contribution in [2.45, 2.75) is 78.6 Å². The van der Waals surface area contributed by atoms with Crippen LogP contribution >= 0.6 is 0 Å². The highest BCUT2D eigenvalue weighted by atomic mass is 28.3. The number of para-hydroxylation sites is 2. The van der Waals surface area contributed by atoms with Crippen molar-refractivity contribution < 1.29 is 0 Å². The molecule has 3 aliphatic rings. The van der Waals surface area contributed by atoms with Crippen molar-refractivity contribution in [2.75, 3.05) is 9.80 Å². The summed E-state index contributed by atoms with van der Waals surface area (Å²) in [5, 5.41) is 5.73. The van der Waals surface area contributed by atoms with E-state index in [1.165, 1.54) is 87.9 Å². The van der Waals surface area contributed by atoms with E-state index in [-0.39, 0.29) is 23.0 Å². The lowest BCUT2D eigenvalue weighted by Crippen LogP contribution is -2.79. The minimum absolute atomic E-state index is 0.00889. The van der Waals surface area contributed by atoms with Crippen molar-refractivity contribution in [2.24, 2.45) is 0 Å². The van der Waals surface area contributed by atoms with Crippen molar-refractivity contribution in [3.05, 3.63) is 174 Å². The van der Waals surface area contributed by atoms with Gasteiger partial charge in [-0.2, -0.15) is 0 Å². The molecule has 0 radical (unpaired) electrons. The van der Waals surface area contributed by atoms with Crippen LogP contribution in [0.5, 0.6) is 0 Å². The molecule has 0 bridgehead atoms. The molecule has 0 aliphatic carbocycles. The van der Waals surface area contributed by atoms with Gasteiger partial charge in [-0.05, 0) is 106 Å². The quantitative estimate of drug-likeness (QED) is 0.166. The summed E-state index contributed by atoms with van der Waals surface area (Å²) in [6, 6.07) is 61.3. The number of nitrogens with zero attached hydrogens (tertiary/aromatic N) is 2. The molecule has 0 fully saturated rings. The largest absolute Gasteiger partial charge is 0.312 e. The SMILES string of the molecule is CC(C)(C)c1ccc(N2c3cc(C(C)(C)C)ccc3B3c4cccc5c4N(c4ccccc4[Si]5(c4ccccc4)c4ccccc4)c4cc(C(C)(C)C)cc2c43)cc1. The average Bonchev–Trinajstić information content (AvgIpc) is 3.21. The molecule has 0 saturated heterocycles. The van der Waals surface area contributed by atoms with E-state index < -0.39 is 8.07 Å². The predicted molar refractivity (Wildman–Crippen MR) is 254 cm³/mol. The number of hydrogen-bond donors (Lipinski definition) is 0. The van der Waals surface area contributed by atoms with Gasteiger partial charge in [-0.25, -0.2) is 0 Å². The second-order valence-corrected chi connectivity index (χ2v) is 23.6. The monoisotopic (exact) mass is 768 g/mol. The summed E-state index contributed by atoms with van der Waals surface area (Å²) in [4.78, 5) is 5.27. The van der Waals surface area contributed by atoms with E-state index in [4.69, 9.17) is 0 Å². The lowest BCUT2D eigenvalue weighted by atomic mass is 9.33. The Balaban J connectivity index is 1.35. The molecule has 0 unspecified atom stereocenters. The van der Waals surface area contributed by atoms with Crippen molar-refractivity contribution in [1.82, 2.24) is 0 Å². The van der Waals surface area contributed by atoms with Crippen molar-refractivity contribution in [3.63, 3.8) is 0 Å². The first kappa shape index (κ1) is 36.7. The van der Waals surface area contributed by atoms with E-state index in [9.17, 15) is 0 Å². The normalized spacial score (nSPS) is 15.0. The maximum Gasteiger partial charge on any atom is 0.252 e. The Bertz CT molecular complexity index is 2690. The zero-order valence-electron chi connectivity index (χ0n) is 35.5. The van der Waals surface area contributed by atoms with Gasteiger partial charge in [0.25, 0.3) is 6.71 Å². The van der Waals surface area contributed by atoms with Gasteiger partial charge in [0.15, 0.2) is 8.07 Å². The molecule has 3 aliphatic heterocycles. The van der Waals surface area contributed by atoms with E-state index in [1.54, 1.807) is 0 Å². The number of anilines is 6. The van der Waals surface area contributed by atoms with Crippen molar-refractivity contribution in [3.8, 4) is 0 Å². The highest BCUT2D eigenvalue weighted by Crippen LogP contribution is 2.47. The van der Waals surface area contributed by atoms with Gasteiger partial charge in [-0.1, -0.05) is 184 Å². The van der Waals surface area contributed by atoms with Crippen molar-refractivity contribution in [1.29, 1.82) is 0 Å². The fraction of sp³-hybridized carbons (Fsp3) is 0.222. The first-order valence-electron chi connectivity index (χ1n) is 21.1. The zero-order chi connectivity index (χ0) is 40.4. The van der Waals surface area contributed by atoms with Gasteiger partial charge in [0.05, 0.1) is 0 Å². The van der Waals surface area contributed by atoms with E-state index in [2.05, 4.69) is 230 Å². The number of rotatable bonds is 3. The van der Waals surface area contributed by atoms with Crippen LogP contribution in [0.3, 0.4) is 0 Å². The number of hydrogen-bond acceptors (Lipinski definition) is 2. The molecule has 4 heteroatoms. The lowest BCUT2D eigenvalue weighted by molar-refractivity contribution is 0.589. The van der Waals surface area contributed by atoms with Crippen LogP contribution in [0.15, 0.2) is 158 Å². The summed E-state index contributed by atoms with van der Waals surface area (Å²) in [6.07, 6.45) is 0. The highest BCUT2D eigenvalue weighted by molar-refractivity contribution is 7.22. The Morgan fingerprint density at radius 3 is 1.52 bits per heavy atom. The van der Waals surface area contributed by atoms with E-state index in [0.29, 0.717) is 0 Å². The van der Waals surface area contributed by atoms with Crippen molar-refractivity contribution >= 4 is 86.0 Å². The highest BCUT2D eigenvalue weighted by Gasteiger charge is 2.53. The molecular weight excluding hydrogens is 716 g/mol. The van der Waals surface area contributed by atoms with E-state index >= 15 is 0 Å². The van der Waals surface area contributed by atoms with Crippen LogP contribution in [-0.4, -0.2) is 14.8 Å². The third kappa shape index (κ3) is 5.30. The first-order chi connectivity index (χ1) is 27.7. The topological polar surface area (TPSA) is 6.48 Å². The van der Waals surface area contributed by atoms with Crippen LogP contribution in [0.4, 0.5) is 34.1 Å². The van der Waals surface area contributed by atoms with Gasteiger partial charge in [-0.3, -0.25) is 0 Å². The molecule has 3 heterocycles.